The van der Waals surface area contributed by atoms with Crippen molar-refractivity contribution >= 4 is 21.7 Å². The zero-order chi connectivity index (χ0) is 13.0. The minimum atomic E-state index is -2.71. The average Bonchev–Trinajstić information content (AvgIpc) is 2.58. The molecule has 18 heavy (non-hydrogen) atoms. The fourth-order valence-corrected chi connectivity index (χ4v) is 3.33. The molecule has 1 spiro atoms. The van der Waals surface area contributed by atoms with E-state index in [2.05, 4.69) is 15.9 Å². The number of halogens is 3. The van der Waals surface area contributed by atoms with Gasteiger partial charge in [-0.1, -0.05) is 22.0 Å². The maximum atomic E-state index is 13.2. The molecule has 1 aromatic rings. The van der Waals surface area contributed by atoms with Gasteiger partial charge in [0.05, 0.1) is 0 Å². The van der Waals surface area contributed by atoms with E-state index < -0.39 is 11.3 Å². The van der Waals surface area contributed by atoms with Crippen LogP contribution in [-0.4, -0.2) is 11.7 Å². The summed E-state index contributed by atoms with van der Waals surface area (Å²) in [5, 5.41) is 0. The van der Waals surface area contributed by atoms with Crippen LogP contribution in [-0.2, 0) is 6.42 Å². The minimum absolute atomic E-state index is 0.0329. The molecule has 1 aromatic carbocycles. The van der Waals surface area contributed by atoms with E-state index in [0.29, 0.717) is 12.0 Å². The molecule has 1 fully saturated rings. The van der Waals surface area contributed by atoms with Gasteiger partial charge in [0.1, 0.15) is 0 Å². The molecule has 0 amide bonds. The normalized spacial score (nSPS) is 24.3. The van der Waals surface area contributed by atoms with Gasteiger partial charge in [-0.15, -0.1) is 0 Å². The Bertz CT molecular complexity index is 515. The van der Waals surface area contributed by atoms with E-state index in [1.54, 1.807) is 6.07 Å². The first-order chi connectivity index (χ1) is 8.42. The first-order valence-electron chi connectivity index (χ1n) is 5.97. The number of hydrogen-bond donors (Lipinski definition) is 0. The number of alkyl halides is 2. The quantitative estimate of drug-likeness (QED) is 0.701. The van der Waals surface area contributed by atoms with Gasteiger partial charge in [0, 0.05) is 28.3 Å². The molecule has 2 aliphatic rings. The van der Waals surface area contributed by atoms with Crippen molar-refractivity contribution in [3.63, 3.8) is 0 Å². The summed E-state index contributed by atoms with van der Waals surface area (Å²) in [6, 6.07) is 5.62. The van der Waals surface area contributed by atoms with Crippen molar-refractivity contribution in [3.8, 4) is 0 Å². The number of rotatable bonds is 0. The smallest absolute Gasteiger partial charge is 0.251 e. The lowest BCUT2D eigenvalue weighted by molar-refractivity contribution is -0.0150. The molecule has 3 rings (SSSR count). The third kappa shape index (κ3) is 1.81. The molecule has 0 bridgehead atoms. The Morgan fingerprint density at radius 3 is 2.67 bits per heavy atom. The summed E-state index contributed by atoms with van der Waals surface area (Å²) >= 11 is 3.34. The molecule has 0 N–H and O–H groups in total. The van der Waals surface area contributed by atoms with Crippen LogP contribution in [0.2, 0.25) is 0 Å². The van der Waals surface area contributed by atoms with Gasteiger partial charge in [-0.3, -0.25) is 4.79 Å². The Labute approximate surface area is 113 Å². The Kier molecular flexibility index (Phi) is 2.63. The van der Waals surface area contributed by atoms with Crippen molar-refractivity contribution in [2.24, 2.45) is 5.41 Å². The highest BCUT2D eigenvalue weighted by molar-refractivity contribution is 9.10. The molecule has 0 aromatic heterocycles. The van der Waals surface area contributed by atoms with Crippen LogP contribution in [0.25, 0.3) is 0 Å². The first kappa shape index (κ1) is 12.3. The summed E-state index contributed by atoms with van der Waals surface area (Å²) in [5.41, 5.74) is 1.08. The van der Waals surface area contributed by atoms with Crippen molar-refractivity contribution in [1.29, 1.82) is 0 Å². The predicted molar refractivity (Wildman–Crippen MR) is 67.7 cm³/mol. The zero-order valence-electron chi connectivity index (χ0n) is 9.68. The van der Waals surface area contributed by atoms with Gasteiger partial charge in [0.15, 0.2) is 5.78 Å². The summed E-state index contributed by atoms with van der Waals surface area (Å²) in [7, 11) is 0. The fraction of sp³-hybridized carbons (Fsp3) is 0.429. The van der Waals surface area contributed by atoms with Crippen LogP contribution < -0.4 is 0 Å². The molecule has 0 heterocycles. The summed E-state index contributed by atoms with van der Waals surface area (Å²) in [4.78, 5) is 12.5. The van der Waals surface area contributed by atoms with Crippen molar-refractivity contribution in [2.75, 3.05) is 0 Å². The summed E-state index contributed by atoms with van der Waals surface area (Å²) < 4.78 is 27.2. The highest BCUT2D eigenvalue weighted by Gasteiger charge is 2.51. The monoisotopic (exact) mass is 313 g/mol. The lowest BCUT2D eigenvalue weighted by Crippen LogP contribution is -2.37. The van der Waals surface area contributed by atoms with Gasteiger partial charge in [0.2, 0.25) is 0 Å². The van der Waals surface area contributed by atoms with Crippen molar-refractivity contribution < 1.29 is 13.6 Å². The first-order valence-corrected chi connectivity index (χ1v) is 6.77. The van der Waals surface area contributed by atoms with Crippen molar-refractivity contribution in [3.05, 3.63) is 40.2 Å². The third-order valence-electron chi connectivity index (χ3n) is 4.06. The van der Waals surface area contributed by atoms with Crippen molar-refractivity contribution in [2.45, 2.75) is 31.6 Å². The Hall–Kier alpha value is -0.770. The molecule has 4 heteroatoms. The van der Waals surface area contributed by atoms with E-state index in [4.69, 9.17) is 0 Å². The second-order valence-electron chi connectivity index (χ2n) is 5.26. The molecular formula is C14H12BrF2O. The Morgan fingerprint density at radius 1 is 1.22 bits per heavy atom. The Balaban J connectivity index is 1.93. The number of fused-ring (bicyclic) bond motifs is 1. The number of ketones is 1. The molecule has 95 valence electrons. The van der Waals surface area contributed by atoms with Crippen LogP contribution in [0.1, 0.15) is 35.2 Å². The molecule has 0 aliphatic heterocycles. The van der Waals surface area contributed by atoms with Crippen LogP contribution in [0.15, 0.2) is 22.7 Å². The Morgan fingerprint density at radius 2 is 2.00 bits per heavy atom. The number of benzene rings is 1. The minimum Gasteiger partial charge on any atom is -0.294 e. The van der Waals surface area contributed by atoms with Crippen LogP contribution in [0.5, 0.6) is 0 Å². The molecule has 1 unspecified atom stereocenters. The topological polar surface area (TPSA) is 17.1 Å². The lowest BCUT2D eigenvalue weighted by atomic mass is 9.70. The molecule has 1 atom stereocenters. The van der Waals surface area contributed by atoms with E-state index in [0.717, 1.165) is 16.5 Å². The van der Waals surface area contributed by atoms with Crippen LogP contribution in [0.4, 0.5) is 8.78 Å². The second-order valence-corrected chi connectivity index (χ2v) is 6.17. The van der Waals surface area contributed by atoms with E-state index in [1.165, 1.54) is 0 Å². The largest absolute Gasteiger partial charge is 0.294 e. The van der Waals surface area contributed by atoms with Crippen LogP contribution in [0, 0.1) is 11.8 Å². The fourth-order valence-electron chi connectivity index (χ4n) is 2.97. The van der Waals surface area contributed by atoms with Crippen LogP contribution >= 0.6 is 15.9 Å². The van der Waals surface area contributed by atoms with Gasteiger partial charge >= 0.3 is 0 Å². The maximum absolute atomic E-state index is 13.2. The highest BCUT2D eigenvalue weighted by Crippen LogP contribution is 2.50. The maximum Gasteiger partial charge on any atom is 0.251 e. The van der Waals surface area contributed by atoms with Gasteiger partial charge < -0.3 is 0 Å². The zero-order valence-corrected chi connectivity index (χ0v) is 11.3. The molecule has 1 saturated carbocycles. The summed E-state index contributed by atoms with van der Waals surface area (Å²) in [6.45, 7) is 0. The predicted octanol–water partition coefficient (Wildman–Crippen LogP) is 4.20. The lowest BCUT2D eigenvalue weighted by Gasteiger charge is -2.35. The molecule has 2 aliphatic carbocycles. The standard InChI is InChI=1S/C14H12BrF2O/c15-10-2-1-9-8-13(12(18)11(9)7-10)3-5-14(16,17)6-4-13/h1-2,5,7H,3-4,6,8H2. The van der Waals surface area contributed by atoms with E-state index in [9.17, 15) is 13.6 Å². The number of hydrogen-bond acceptors (Lipinski definition) is 1. The third-order valence-corrected chi connectivity index (χ3v) is 4.55. The van der Waals surface area contributed by atoms with Gasteiger partial charge in [-0.25, -0.2) is 8.78 Å². The van der Waals surface area contributed by atoms with E-state index in [1.807, 2.05) is 12.1 Å². The molecule has 1 nitrogen and oxygen atoms in total. The summed E-state index contributed by atoms with van der Waals surface area (Å²) in [6.07, 6.45) is 1.87. The summed E-state index contributed by atoms with van der Waals surface area (Å²) in [5.74, 6) is -2.67. The van der Waals surface area contributed by atoms with E-state index >= 15 is 0 Å². The van der Waals surface area contributed by atoms with Gasteiger partial charge in [0.25, 0.3) is 5.92 Å². The highest BCUT2D eigenvalue weighted by atomic mass is 79.9. The van der Waals surface area contributed by atoms with Crippen LogP contribution in [0.3, 0.4) is 0 Å². The molecule has 1 radical (unpaired) electrons. The number of Topliss-reactive ketones (excluding diaryl/α,β-unsaturated/α-hetero) is 1. The number of carbonyl (C=O) groups excluding carboxylic acids is 1. The average molecular weight is 314 g/mol. The van der Waals surface area contributed by atoms with Gasteiger partial charge in [-0.05, 0) is 37.0 Å². The van der Waals surface area contributed by atoms with Gasteiger partial charge in [-0.2, -0.15) is 0 Å². The molecular weight excluding hydrogens is 302 g/mol. The number of carbonyl (C=O) groups is 1. The molecule has 0 saturated heterocycles. The SMILES string of the molecule is O=C1c2cc(Br)ccc2CC12C[CH]C(F)(F)CC2. The van der Waals surface area contributed by atoms with E-state index in [-0.39, 0.29) is 25.0 Å². The van der Waals surface area contributed by atoms with Crippen molar-refractivity contribution in [1.82, 2.24) is 0 Å². The second kappa shape index (κ2) is 3.86.